The molecule has 0 aliphatic carbocycles. The Balaban J connectivity index is 1.67. The quantitative estimate of drug-likeness (QED) is 0.684. The fraction of sp³-hybridized carbons (Fsp3) is 0.312. The molecule has 2 aromatic rings. The van der Waals surface area contributed by atoms with Gasteiger partial charge in [-0.2, -0.15) is 10.4 Å². The second-order valence-corrected chi connectivity index (χ2v) is 5.12. The smallest absolute Gasteiger partial charge is 0.325 e. The first-order chi connectivity index (χ1) is 12.1. The predicted molar refractivity (Wildman–Crippen MR) is 85.2 cm³/mol. The van der Waals surface area contributed by atoms with E-state index in [1.54, 1.807) is 31.2 Å². The zero-order valence-corrected chi connectivity index (χ0v) is 13.6. The van der Waals surface area contributed by atoms with Gasteiger partial charge in [-0.25, -0.2) is 9.67 Å². The van der Waals surface area contributed by atoms with Crippen LogP contribution in [0.5, 0.6) is 5.75 Å². The Morgan fingerprint density at radius 3 is 3.00 bits per heavy atom. The Kier molecular flexibility index (Phi) is 6.47. The van der Waals surface area contributed by atoms with E-state index < -0.39 is 12.1 Å². The molecule has 9 heteroatoms. The van der Waals surface area contributed by atoms with Crippen LogP contribution in [0.25, 0.3) is 0 Å². The lowest BCUT2D eigenvalue weighted by atomic mass is 10.2. The van der Waals surface area contributed by atoms with Crippen molar-refractivity contribution in [1.29, 1.82) is 5.26 Å². The Morgan fingerprint density at radius 2 is 2.28 bits per heavy atom. The number of rotatable bonds is 8. The molecule has 0 saturated carbocycles. The van der Waals surface area contributed by atoms with Gasteiger partial charge in [0.05, 0.1) is 11.6 Å². The van der Waals surface area contributed by atoms with Crippen molar-refractivity contribution >= 4 is 11.9 Å². The second-order valence-electron chi connectivity index (χ2n) is 5.12. The van der Waals surface area contributed by atoms with Gasteiger partial charge in [-0.1, -0.05) is 6.07 Å². The van der Waals surface area contributed by atoms with Crippen molar-refractivity contribution in [2.45, 2.75) is 19.6 Å². The molecule has 0 fully saturated rings. The lowest BCUT2D eigenvalue weighted by Crippen LogP contribution is -2.35. The van der Waals surface area contributed by atoms with Crippen molar-refractivity contribution < 1.29 is 19.1 Å². The number of ether oxygens (including phenoxy) is 2. The van der Waals surface area contributed by atoms with Crippen LogP contribution in [0.15, 0.2) is 36.9 Å². The van der Waals surface area contributed by atoms with E-state index in [9.17, 15) is 9.59 Å². The third kappa shape index (κ3) is 6.31. The summed E-state index contributed by atoms with van der Waals surface area (Å²) in [6.45, 7) is 1.53. The maximum absolute atomic E-state index is 11.7. The summed E-state index contributed by atoms with van der Waals surface area (Å²) >= 11 is 0. The highest BCUT2D eigenvalue weighted by Gasteiger charge is 2.12. The Morgan fingerprint density at radius 1 is 1.44 bits per heavy atom. The van der Waals surface area contributed by atoms with Gasteiger partial charge < -0.3 is 14.8 Å². The zero-order valence-electron chi connectivity index (χ0n) is 13.6. The van der Waals surface area contributed by atoms with Gasteiger partial charge in [-0.15, -0.1) is 0 Å². The van der Waals surface area contributed by atoms with E-state index in [-0.39, 0.29) is 25.6 Å². The molecule has 130 valence electrons. The van der Waals surface area contributed by atoms with E-state index >= 15 is 0 Å². The van der Waals surface area contributed by atoms with E-state index in [1.807, 2.05) is 6.07 Å². The first kappa shape index (κ1) is 17.9. The minimum atomic E-state index is -0.575. The average Bonchev–Trinajstić information content (AvgIpc) is 3.11. The molecular formula is C16H17N5O4. The summed E-state index contributed by atoms with van der Waals surface area (Å²) in [6, 6.07) is 8.69. The predicted octanol–water partition coefficient (Wildman–Crippen LogP) is 0.277. The molecule has 0 saturated heterocycles. The number of nitrogens with zero attached hydrogens (tertiary/aromatic N) is 4. The van der Waals surface area contributed by atoms with Crippen molar-refractivity contribution in [3.05, 3.63) is 42.5 Å². The van der Waals surface area contributed by atoms with Crippen molar-refractivity contribution in [2.75, 3.05) is 13.2 Å². The van der Waals surface area contributed by atoms with E-state index in [0.29, 0.717) is 11.3 Å². The maximum Gasteiger partial charge on any atom is 0.325 e. The highest BCUT2D eigenvalue weighted by molar-refractivity contribution is 5.81. The molecule has 0 radical (unpaired) electrons. The van der Waals surface area contributed by atoms with E-state index in [0.717, 1.165) is 0 Å². The van der Waals surface area contributed by atoms with Crippen LogP contribution in [0.2, 0.25) is 0 Å². The van der Waals surface area contributed by atoms with E-state index in [1.165, 1.54) is 17.3 Å². The number of nitriles is 1. The molecular weight excluding hydrogens is 326 g/mol. The highest BCUT2D eigenvalue weighted by Crippen LogP contribution is 2.13. The van der Waals surface area contributed by atoms with Gasteiger partial charge in [0.1, 0.15) is 44.2 Å². The zero-order chi connectivity index (χ0) is 18.1. The number of carbonyl (C=O) groups is 2. The standard InChI is InChI=1S/C16H17N5O4/c1-12(9-24-14-4-2-3-13(5-14)6-17)25-16(23)7-19-15(22)8-21-11-18-10-20-21/h2-5,10-12H,7-9H2,1H3,(H,19,22)/t12-/m1/s1. The van der Waals surface area contributed by atoms with Crippen molar-refractivity contribution in [2.24, 2.45) is 0 Å². The van der Waals surface area contributed by atoms with Crippen LogP contribution in [0.3, 0.4) is 0 Å². The summed E-state index contributed by atoms with van der Waals surface area (Å²) in [6.07, 6.45) is 2.21. The third-order valence-electron chi connectivity index (χ3n) is 2.98. The molecule has 0 spiro atoms. The van der Waals surface area contributed by atoms with E-state index in [2.05, 4.69) is 15.4 Å². The molecule has 1 atom stereocenters. The van der Waals surface area contributed by atoms with Crippen molar-refractivity contribution in [1.82, 2.24) is 20.1 Å². The molecule has 0 bridgehead atoms. The summed E-state index contributed by atoms with van der Waals surface area (Å²) < 4.78 is 11.9. The van der Waals surface area contributed by atoms with E-state index in [4.69, 9.17) is 14.7 Å². The topological polar surface area (TPSA) is 119 Å². The number of carbonyl (C=O) groups excluding carboxylic acids is 2. The molecule has 1 heterocycles. The van der Waals surface area contributed by atoms with Gasteiger partial charge in [0.2, 0.25) is 5.91 Å². The monoisotopic (exact) mass is 343 g/mol. The number of benzene rings is 1. The molecule has 9 nitrogen and oxygen atoms in total. The lowest BCUT2D eigenvalue weighted by molar-refractivity contribution is -0.149. The number of hydrogen-bond donors (Lipinski definition) is 1. The van der Waals surface area contributed by atoms with Crippen LogP contribution < -0.4 is 10.1 Å². The van der Waals surface area contributed by atoms with Gasteiger partial charge in [0, 0.05) is 0 Å². The fourth-order valence-corrected chi connectivity index (χ4v) is 1.86. The van der Waals surface area contributed by atoms with Crippen LogP contribution in [-0.4, -0.2) is 45.9 Å². The van der Waals surface area contributed by atoms with Crippen LogP contribution in [0.4, 0.5) is 0 Å². The number of esters is 1. The van der Waals surface area contributed by atoms with Gasteiger partial charge in [-0.05, 0) is 25.1 Å². The molecule has 0 aliphatic heterocycles. The molecule has 1 N–H and O–H groups in total. The summed E-state index contributed by atoms with van der Waals surface area (Å²) in [5.74, 6) is -0.434. The Labute approximate surface area is 144 Å². The molecule has 0 unspecified atom stereocenters. The molecule has 0 aliphatic rings. The Bertz CT molecular complexity index is 754. The summed E-state index contributed by atoms with van der Waals surface area (Å²) in [4.78, 5) is 27.0. The first-order valence-corrected chi connectivity index (χ1v) is 7.48. The van der Waals surface area contributed by atoms with Crippen LogP contribution >= 0.6 is 0 Å². The fourth-order valence-electron chi connectivity index (χ4n) is 1.86. The third-order valence-corrected chi connectivity index (χ3v) is 2.98. The van der Waals surface area contributed by atoms with Gasteiger partial charge in [-0.3, -0.25) is 9.59 Å². The number of nitrogens with one attached hydrogen (secondary N) is 1. The van der Waals surface area contributed by atoms with Crippen LogP contribution in [0, 0.1) is 11.3 Å². The van der Waals surface area contributed by atoms with Crippen LogP contribution in [0.1, 0.15) is 12.5 Å². The SMILES string of the molecule is C[C@H](COc1cccc(C#N)c1)OC(=O)CNC(=O)Cn1cncn1. The molecule has 1 aromatic carbocycles. The summed E-state index contributed by atoms with van der Waals surface area (Å²) in [5, 5.41) is 15.0. The van der Waals surface area contributed by atoms with Crippen molar-refractivity contribution in [3.63, 3.8) is 0 Å². The summed E-state index contributed by atoms with van der Waals surface area (Å²) in [5.41, 5.74) is 0.484. The highest BCUT2D eigenvalue weighted by atomic mass is 16.6. The maximum atomic E-state index is 11.7. The average molecular weight is 343 g/mol. The summed E-state index contributed by atoms with van der Waals surface area (Å²) in [7, 11) is 0. The molecule has 1 amide bonds. The second kappa shape index (κ2) is 9.02. The first-order valence-electron chi connectivity index (χ1n) is 7.48. The normalized spacial score (nSPS) is 11.2. The van der Waals surface area contributed by atoms with Crippen molar-refractivity contribution in [3.8, 4) is 11.8 Å². The van der Waals surface area contributed by atoms with Crippen LogP contribution in [-0.2, 0) is 20.9 Å². The molecule has 2 rings (SSSR count). The number of aromatic nitrogens is 3. The number of amides is 1. The Hall–Kier alpha value is -3.41. The minimum absolute atomic E-state index is 0.0266. The largest absolute Gasteiger partial charge is 0.490 e. The molecule has 1 aromatic heterocycles. The minimum Gasteiger partial charge on any atom is -0.490 e. The van der Waals surface area contributed by atoms with Gasteiger partial charge in [0.25, 0.3) is 0 Å². The van der Waals surface area contributed by atoms with Gasteiger partial charge in [0.15, 0.2) is 0 Å². The lowest BCUT2D eigenvalue weighted by Gasteiger charge is -2.14. The van der Waals surface area contributed by atoms with Gasteiger partial charge >= 0.3 is 5.97 Å². The number of hydrogen-bond acceptors (Lipinski definition) is 7. The molecule has 25 heavy (non-hydrogen) atoms.